The van der Waals surface area contributed by atoms with Crippen LogP contribution in [0, 0.1) is 5.92 Å². The molecular formula is C27H32O6. The molecule has 0 unspecified atom stereocenters. The molecule has 1 fully saturated rings. The highest BCUT2D eigenvalue weighted by Gasteiger charge is 2.49. The van der Waals surface area contributed by atoms with Crippen molar-refractivity contribution in [1.29, 1.82) is 0 Å². The monoisotopic (exact) mass is 452 g/mol. The Morgan fingerprint density at radius 3 is 2.70 bits per heavy atom. The summed E-state index contributed by atoms with van der Waals surface area (Å²) in [7, 11) is 1.39. The second kappa shape index (κ2) is 9.57. The molecule has 2 aromatic carbocycles. The van der Waals surface area contributed by atoms with Gasteiger partial charge in [-0.3, -0.25) is 4.79 Å². The number of benzene rings is 2. The van der Waals surface area contributed by atoms with Gasteiger partial charge in [-0.05, 0) is 38.0 Å². The summed E-state index contributed by atoms with van der Waals surface area (Å²) in [4.78, 5) is 11.6. The molecular weight excluding hydrogens is 420 g/mol. The minimum absolute atomic E-state index is 0.00493. The molecule has 1 saturated carbocycles. The van der Waals surface area contributed by atoms with E-state index < -0.39 is 17.8 Å². The molecule has 0 aromatic heterocycles. The lowest BCUT2D eigenvalue weighted by atomic mass is 9.86. The molecule has 6 heteroatoms. The Morgan fingerprint density at radius 1 is 1.21 bits per heavy atom. The summed E-state index contributed by atoms with van der Waals surface area (Å²) in [5, 5.41) is 21.6. The van der Waals surface area contributed by atoms with Crippen molar-refractivity contribution in [3.8, 4) is 11.5 Å². The maximum atomic E-state index is 11.6. The molecule has 176 valence electrons. The van der Waals surface area contributed by atoms with Crippen LogP contribution in [0.15, 0.2) is 60.7 Å². The van der Waals surface area contributed by atoms with Crippen LogP contribution in [0.3, 0.4) is 0 Å². The summed E-state index contributed by atoms with van der Waals surface area (Å²) in [5.41, 5.74) is 1.18. The van der Waals surface area contributed by atoms with E-state index in [4.69, 9.17) is 14.2 Å². The SMILES string of the molecule is COC(=O)CCc1cccc2c1O[C@H]1C[C@@H](O)[C@H](/C=C/[C@@H](O)C(C)(C)Oc3ccccc3)[C@@H]21. The van der Waals surface area contributed by atoms with E-state index in [0.717, 1.165) is 16.9 Å². The van der Waals surface area contributed by atoms with Crippen molar-refractivity contribution in [3.05, 3.63) is 71.8 Å². The van der Waals surface area contributed by atoms with Crippen LogP contribution in [0.4, 0.5) is 0 Å². The first kappa shape index (κ1) is 23.3. The van der Waals surface area contributed by atoms with Crippen molar-refractivity contribution in [2.75, 3.05) is 7.11 Å². The zero-order chi connectivity index (χ0) is 23.6. The van der Waals surface area contributed by atoms with Gasteiger partial charge in [-0.25, -0.2) is 0 Å². The number of carbonyl (C=O) groups is 1. The fourth-order valence-corrected chi connectivity index (χ4v) is 4.82. The number of aliphatic hydroxyl groups excluding tert-OH is 2. The predicted molar refractivity (Wildman–Crippen MR) is 124 cm³/mol. The first-order chi connectivity index (χ1) is 15.8. The topological polar surface area (TPSA) is 85.2 Å². The van der Waals surface area contributed by atoms with Gasteiger partial charge in [-0.15, -0.1) is 0 Å². The standard InChI is InChI=1S/C27H32O6/c1-27(2,33-18-9-5-4-6-10-18)23(29)14-13-19-21(28)16-22-25(19)20-11-7-8-17(26(20)32-22)12-15-24(30)31-3/h4-11,13-14,19,21-23,25,28-29H,12,15-16H2,1-3H3/b14-13+/t19-,21+,22-,23+,25-/m0/s1. The van der Waals surface area contributed by atoms with Crippen LogP contribution in [-0.2, 0) is 16.0 Å². The highest BCUT2D eigenvalue weighted by molar-refractivity contribution is 5.69. The Balaban J connectivity index is 1.50. The third-order valence-corrected chi connectivity index (χ3v) is 6.67. The highest BCUT2D eigenvalue weighted by Crippen LogP contribution is 2.52. The van der Waals surface area contributed by atoms with Crippen LogP contribution in [0.1, 0.15) is 43.7 Å². The number of carbonyl (C=O) groups excluding carboxylic acids is 1. The van der Waals surface area contributed by atoms with E-state index in [0.29, 0.717) is 25.0 Å². The highest BCUT2D eigenvalue weighted by atomic mass is 16.5. The van der Waals surface area contributed by atoms with Gasteiger partial charge in [0.25, 0.3) is 0 Å². The number of aryl methyl sites for hydroxylation is 1. The zero-order valence-corrected chi connectivity index (χ0v) is 19.3. The molecule has 33 heavy (non-hydrogen) atoms. The maximum Gasteiger partial charge on any atom is 0.305 e. The Bertz CT molecular complexity index is 999. The predicted octanol–water partition coefficient (Wildman–Crippen LogP) is 3.79. The van der Waals surface area contributed by atoms with Gasteiger partial charge in [0.15, 0.2) is 0 Å². The van der Waals surface area contributed by atoms with Gasteiger partial charge >= 0.3 is 5.97 Å². The molecule has 1 aliphatic carbocycles. The average molecular weight is 453 g/mol. The smallest absolute Gasteiger partial charge is 0.305 e. The van der Waals surface area contributed by atoms with Crippen molar-refractivity contribution >= 4 is 5.97 Å². The lowest BCUT2D eigenvalue weighted by Crippen LogP contribution is -2.41. The van der Waals surface area contributed by atoms with Crippen LogP contribution in [0.5, 0.6) is 11.5 Å². The van der Waals surface area contributed by atoms with Gasteiger partial charge in [-0.1, -0.05) is 48.6 Å². The summed E-state index contributed by atoms with van der Waals surface area (Å²) in [6.07, 6.45) is 3.42. The molecule has 0 spiro atoms. The number of esters is 1. The first-order valence-corrected chi connectivity index (χ1v) is 11.4. The van der Waals surface area contributed by atoms with Crippen LogP contribution in [0.25, 0.3) is 0 Å². The Morgan fingerprint density at radius 2 is 1.97 bits per heavy atom. The molecule has 1 heterocycles. The molecule has 5 atom stereocenters. The van der Waals surface area contributed by atoms with E-state index in [-0.39, 0.29) is 23.9 Å². The van der Waals surface area contributed by atoms with Gasteiger partial charge in [0.05, 0.1) is 13.2 Å². The molecule has 2 N–H and O–H groups in total. The number of methoxy groups -OCH3 is 1. The minimum Gasteiger partial charge on any atom is -0.489 e. The maximum absolute atomic E-state index is 11.6. The summed E-state index contributed by atoms with van der Waals surface area (Å²) < 4.78 is 17.0. The number of ether oxygens (including phenoxy) is 3. The van der Waals surface area contributed by atoms with Crippen molar-refractivity contribution < 1.29 is 29.2 Å². The number of para-hydroxylation sites is 2. The number of hydrogen-bond acceptors (Lipinski definition) is 6. The molecule has 4 rings (SSSR count). The largest absolute Gasteiger partial charge is 0.489 e. The third-order valence-electron chi connectivity index (χ3n) is 6.67. The summed E-state index contributed by atoms with van der Waals surface area (Å²) >= 11 is 0. The van der Waals surface area contributed by atoms with Crippen molar-refractivity contribution in [1.82, 2.24) is 0 Å². The summed E-state index contributed by atoms with van der Waals surface area (Å²) in [6.45, 7) is 3.68. The number of fused-ring (bicyclic) bond motifs is 3. The fourth-order valence-electron chi connectivity index (χ4n) is 4.82. The number of hydrogen-bond donors (Lipinski definition) is 2. The van der Waals surface area contributed by atoms with Crippen molar-refractivity contribution in [3.63, 3.8) is 0 Å². The van der Waals surface area contributed by atoms with Crippen LogP contribution < -0.4 is 9.47 Å². The molecule has 1 aliphatic heterocycles. The van der Waals surface area contributed by atoms with Crippen LogP contribution in [0.2, 0.25) is 0 Å². The Kier molecular flexibility index (Phi) is 6.77. The molecule has 2 aliphatic rings. The molecule has 0 radical (unpaired) electrons. The third kappa shape index (κ3) is 4.92. The normalized spacial score (nSPS) is 24.8. The molecule has 6 nitrogen and oxygen atoms in total. The quantitative estimate of drug-likeness (QED) is 0.468. The zero-order valence-electron chi connectivity index (χ0n) is 19.3. The van der Waals surface area contributed by atoms with E-state index in [1.807, 2.05) is 68.5 Å². The van der Waals surface area contributed by atoms with Crippen molar-refractivity contribution in [2.45, 2.75) is 62.9 Å². The first-order valence-electron chi connectivity index (χ1n) is 11.4. The second-order valence-electron chi connectivity index (χ2n) is 9.32. The summed E-state index contributed by atoms with van der Waals surface area (Å²) in [6, 6.07) is 15.4. The van der Waals surface area contributed by atoms with Crippen LogP contribution >= 0.6 is 0 Å². The molecule has 0 amide bonds. The lowest BCUT2D eigenvalue weighted by molar-refractivity contribution is -0.140. The van der Waals surface area contributed by atoms with Gasteiger partial charge < -0.3 is 24.4 Å². The van der Waals surface area contributed by atoms with E-state index in [2.05, 4.69) is 0 Å². The van der Waals surface area contributed by atoms with Gasteiger partial charge in [-0.2, -0.15) is 0 Å². The summed E-state index contributed by atoms with van der Waals surface area (Å²) in [5.74, 6) is 1.06. The lowest BCUT2D eigenvalue weighted by Gasteiger charge is -2.30. The van der Waals surface area contributed by atoms with Crippen LogP contribution in [-0.4, -0.2) is 47.2 Å². The van der Waals surface area contributed by atoms with Gasteiger partial charge in [0, 0.05) is 30.2 Å². The molecule has 0 bridgehead atoms. The second-order valence-corrected chi connectivity index (χ2v) is 9.32. The Hall–Kier alpha value is -2.83. The number of rotatable bonds is 8. The molecule has 0 saturated heterocycles. The van der Waals surface area contributed by atoms with E-state index >= 15 is 0 Å². The minimum atomic E-state index is -0.864. The van der Waals surface area contributed by atoms with Gasteiger partial charge in [0.1, 0.15) is 29.3 Å². The molecule has 2 aromatic rings. The van der Waals surface area contributed by atoms with E-state index in [9.17, 15) is 15.0 Å². The fraction of sp³-hybridized carbons (Fsp3) is 0.444. The van der Waals surface area contributed by atoms with E-state index in [1.54, 1.807) is 6.08 Å². The number of aliphatic hydroxyl groups is 2. The Labute approximate surface area is 194 Å². The van der Waals surface area contributed by atoms with Crippen molar-refractivity contribution in [2.24, 2.45) is 5.92 Å². The van der Waals surface area contributed by atoms with Gasteiger partial charge in [0.2, 0.25) is 0 Å². The van der Waals surface area contributed by atoms with E-state index in [1.165, 1.54) is 7.11 Å². The average Bonchev–Trinajstić information content (AvgIpc) is 3.31.